The Labute approximate surface area is 129 Å². The molecule has 2 aromatic carbocycles. The Morgan fingerprint density at radius 2 is 1.64 bits per heavy atom. The first-order chi connectivity index (χ1) is 10.5. The predicted molar refractivity (Wildman–Crippen MR) is 85.7 cm³/mol. The molecule has 0 spiro atoms. The van der Waals surface area contributed by atoms with E-state index >= 15 is 0 Å². The molecule has 5 nitrogen and oxygen atoms in total. The molecule has 1 aliphatic rings. The van der Waals surface area contributed by atoms with Crippen molar-refractivity contribution in [3.8, 4) is 11.1 Å². The highest BCUT2D eigenvalue weighted by Crippen LogP contribution is 2.33. The van der Waals surface area contributed by atoms with E-state index in [-0.39, 0.29) is 18.9 Å². The number of carbonyl (C=O) groups excluding carboxylic acids is 1. The minimum Gasteiger partial charge on any atom is -0.310 e. The molecular formula is C16H16N2O3S. The van der Waals surface area contributed by atoms with E-state index in [9.17, 15) is 13.2 Å². The van der Waals surface area contributed by atoms with Crippen molar-refractivity contribution >= 4 is 21.6 Å². The van der Waals surface area contributed by atoms with Gasteiger partial charge in [-0.05, 0) is 11.6 Å². The lowest BCUT2D eigenvalue weighted by molar-refractivity contribution is -0.117. The fourth-order valence-electron chi connectivity index (χ4n) is 2.70. The van der Waals surface area contributed by atoms with Gasteiger partial charge in [-0.1, -0.05) is 48.5 Å². The molecule has 1 aliphatic heterocycles. The van der Waals surface area contributed by atoms with Crippen LogP contribution in [0, 0.1) is 0 Å². The molecule has 0 radical (unpaired) electrons. The third-order valence-electron chi connectivity index (χ3n) is 3.83. The van der Waals surface area contributed by atoms with Crippen molar-refractivity contribution in [2.75, 3.05) is 11.4 Å². The SMILES string of the molecule is NS(=O)(=O)C1CC(=O)N(c2ccccc2-c2ccccc2)C1. The van der Waals surface area contributed by atoms with Gasteiger partial charge in [-0.15, -0.1) is 0 Å². The maximum atomic E-state index is 12.2. The number of hydrogen-bond acceptors (Lipinski definition) is 3. The number of anilines is 1. The Hall–Kier alpha value is -2.18. The van der Waals surface area contributed by atoms with Crippen molar-refractivity contribution in [1.82, 2.24) is 0 Å². The zero-order valence-corrected chi connectivity index (χ0v) is 12.7. The van der Waals surface area contributed by atoms with Crippen LogP contribution in [0.3, 0.4) is 0 Å². The van der Waals surface area contributed by atoms with Crippen LogP contribution in [0.5, 0.6) is 0 Å². The van der Waals surface area contributed by atoms with E-state index < -0.39 is 15.3 Å². The van der Waals surface area contributed by atoms with E-state index in [0.717, 1.165) is 11.1 Å². The number of amides is 1. The lowest BCUT2D eigenvalue weighted by Crippen LogP contribution is -2.32. The summed E-state index contributed by atoms with van der Waals surface area (Å²) in [4.78, 5) is 13.7. The molecule has 1 heterocycles. The van der Waals surface area contributed by atoms with E-state index in [0.29, 0.717) is 5.69 Å². The number of nitrogens with zero attached hydrogens (tertiary/aromatic N) is 1. The zero-order chi connectivity index (χ0) is 15.7. The van der Waals surface area contributed by atoms with Gasteiger partial charge in [-0.3, -0.25) is 4.79 Å². The summed E-state index contributed by atoms with van der Waals surface area (Å²) < 4.78 is 23.0. The molecule has 1 unspecified atom stereocenters. The molecular weight excluding hydrogens is 300 g/mol. The van der Waals surface area contributed by atoms with Crippen molar-refractivity contribution in [2.24, 2.45) is 5.14 Å². The molecule has 1 atom stereocenters. The van der Waals surface area contributed by atoms with E-state index in [4.69, 9.17) is 5.14 Å². The first kappa shape index (κ1) is 14.7. The average Bonchev–Trinajstić information content (AvgIpc) is 2.90. The monoisotopic (exact) mass is 316 g/mol. The maximum Gasteiger partial charge on any atom is 0.228 e. The molecule has 1 amide bonds. The lowest BCUT2D eigenvalue weighted by atomic mass is 10.0. The maximum absolute atomic E-state index is 12.2. The highest BCUT2D eigenvalue weighted by molar-refractivity contribution is 7.89. The van der Waals surface area contributed by atoms with E-state index in [1.165, 1.54) is 4.90 Å². The minimum absolute atomic E-state index is 0.0675. The van der Waals surface area contributed by atoms with Crippen LogP contribution in [0.25, 0.3) is 11.1 Å². The molecule has 2 N–H and O–H groups in total. The fourth-order valence-corrected chi connectivity index (χ4v) is 3.43. The second kappa shape index (κ2) is 5.55. The van der Waals surface area contributed by atoms with Gasteiger partial charge in [0, 0.05) is 18.5 Å². The first-order valence-corrected chi connectivity index (χ1v) is 8.54. The topological polar surface area (TPSA) is 80.5 Å². The van der Waals surface area contributed by atoms with Crippen LogP contribution >= 0.6 is 0 Å². The Bertz CT molecular complexity index is 803. The normalized spacial score (nSPS) is 18.7. The highest BCUT2D eigenvalue weighted by Gasteiger charge is 2.37. The molecule has 6 heteroatoms. The van der Waals surface area contributed by atoms with Crippen molar-refractivity contribution in [3.63, 3.8) is 0 Å². The Kier molecular flexibility index (Phi) is 3.72. The number of nitrogens with two attached hydrogens (primary N) is 1. The summed E-state index contributed by atoms with van der Waals surface area (Å²) in [7, 11) is -3.72. The molecule has 114 valence electrons. The zero-order valence-electron chi connectivity index (χ0n) is 11.8. The second-order valence-corrected chi connectivity index (χ2v) is 7.15. The lowest BCUT2D eigenvalue weighted by Gasteiger charge is -2.20. The van der Waals surface area contributed by atoms with Crippen LogP contribution in [0.4, 0.5) is 5.69 Å². The summed E-state index contributed by atoms with van der Waals surface area (Å²) in [5.41, 5.74) is 2.58. The van der Waals surface area contributed by atoms with Gasteiger partial charge in [-0.2, -0.15) is 0 Å². The van der Waals surface area contributed by atoms with Crippen LogP contribution in [-0.4, -0.2) is 26.1 Å². The third kappa shape index (κ3) is 2.75. The second-order valence-electron chi connectivity index (χ2n) is 5.30. The number of sulfonamides is 1. The van der Waals surface area contributed by atoms with Gasteiger partial charge < -0.3 is 4.90 Å². The molecule has 1 saturated heterocycles. The summed E-state index contributed by atoms with van der Waals surface area (Å²) in [5, 5.41) is 4.34. The van der Waals surface area contributed by atoms with Gasteiger partial charge in [0.2, 0.25) is 15.9 Å². The summed E-state index contributed by atoms with van der Waals surface area (Å²) in [6.07, 6.45) is -0.0675. The summed E-state index contributed by atoms with van der Waals surface area (Å²) in [5.74, 6) is -0.220. The van der Waals surface area contributed by atoms with E-state index in [1.807, 2.05) is 54.6 Å². The largest absolute Gasteiger partial charge is 0.310 e. The quantitative estimate of drug-likeness (QED) is 0.936. The van der Waals surface area contributed by atoms with Crippen molar-refractivity contribution in [1.29, 1.82) is 0 Å². The van der Waals surface area contributed by atoms with Crippen molar-refractivity contribution < 1.29 is 13.2 Å². The molecule has 3 rings (SSSR count). The van der Waals surface area contributed by atoms with E-state index in [2.05, 4.69) is 0 Å². The number of primary sulfonamides is 1. The third-order valence-corrected chi connectivity index (χ3v) is 5.08. The number of rotatable bonds is 3. The van der Waals surface area contributed by atoms with Crippen LogP contribution in [0.2, 0.25) is 0 Å². The van der Waals surface area contributed by atoms with Crippen LogP contribution in [-0.2, 0) is 14.8 Å². The minimum atomic E-state index is -3.72. The molecule has 1 fully saturated rings. The summed E-state index contributed by atoms with van der Waals surface area (Å²) in [6.45, 7) is 0.0987. The molecule has 22 heavy (non-hydrogen) atoms. The van der Waals surface area contributed by atoms with Crippen LogP contribution in [0.15, 0.2) is 54.6 Å². The number of benzene rings is 2. The average molecular weight is 316 g/mol. The fraction of sp³-hybridized carbons (Fsp3) is 0.188. The summed E-state index contributed by atoms with van der Waals surface area (Å²) >= 11 is 0. The first-order valence-electron chi connectivity index (χ1n) is 6.93. The van der Waals surface area contributed by atoms with Gasteiger partial charge >= 0.3 is 0 Å². The summed E-state index contributed by atoms with van der Waals surface area (Å²) in [6, 6.07) is 17.1. The Morgan fingerprint density at radius 3 is 2.27 bits per heavy atom. The molecule has 0 bridgehead atoms. The van der Waals surface area contributed by atoms with Gasteiger partial charge in [0.15, 0.2) is 0 Å². The Morgan fingerprint density at radius 1 is 1.00 bits per heavy atom. The van der Waals surface area contributed by atoms with Gasteiger partial charge in [-0.25, -0.2) is 13.6 Å². The number of carbonyl (C=O) groups is 1. The van der Waals surface area contributed by atoms with Crippen LogP contribution < -0.4 is 10.0 Å². The predicted octanol–water partition coefficient (Wildman–Crippen LogP) is 1.75. The number of para-hydroxylation sites is 1. The molecule has 0 aromatic heterocycles. The standard InChI is InChI=1S/C16H16N2O3S/c17-22(20,21)13-10-16(19)18(11-13)15-9-5-4-8-14(15)12-6-2-1-3-7-12/h1-9,13H,10-11H2,(H2,17,20,21). The smallest absolute Gasteiger partial charge is 0.228 e. The van der Waals surface area contributed by atoms with Gasteiger partial charge in [0.25, 0.3) is 0 Å². The Balaban J connectivity index is 2.02. The van der Waals surface area contributed by atoms with E-state index in [1.54, 1.807) is 0 Å². The highest BCUT2D eigenvalue weighted by atomic mass is 32.2. The molecule has 2 aromatic rings. The van der Waals surface area contributed by atoms with Crippen molar-refractivity contribution in [3.05, 3.63) is 54.6 Å². The van der Waals surface area contributed by atoms with Gasteiger partial charge in [0.05, 0.1) is 5.69 Å². The van der Waals surface area contributed by atoms with Gasteiger partial charge in [0.1, 0.15) is 5.25 Å². The van der Waals surface area contributed by atoms with Crippen molar-refractivity contribution in [2.45, 2.75) is 11.7 Å². The van der Waals surface area contributed by atoms with Crippen LogP contribution in [0.1, 0.15) is 6.42 Å². The molecule has 0 aliphatic carbocycles. The number of hydrogen-bond donors (Lipinski definition) is 1. The molecule has 0 saturated carbocycles.